The number of fused-ring (bicyclic) bond motifs is 1. The van der Waals surface area contributed by atoms with Crippen LogP contribution in [0.15, 0.2) is 42.5 Å². The number of rotatable bonds is 3. The Balaban J connectivity index is 1.71. The van der Waals surface area contributed by atoms with Crippen LogP contribution in [-0.4, -0.2) is 19.2 Å². The van der Waals surface area contributed by atoms with Crippen LogP contribution in [0.25, 0.3) is 0 Å². The van der Waals surface area contributed by atoms with Crippen LogP contribution in [0, 0.1) is 0 Å². The number of hydrogen-bond acceptors (Lipinski definition) is 3. The van der Waals surface area contributed by atoms with E-state index in [0.29, 0.717) is 24.7 Å². The van der Waals surface area contributed by atoms with Gasteiger partial charge < -0.3 is 20.1 Å². The minimum atomic E-state index is -4.47. The Morgan fingerprint density at radius 2 is 1.67 bits per heavy atom. The van der Waals surface area contributed by atoms with Crippen molar-refractivity contribution in [3.05, 3.63) is 53.6 Å². The van der Waals surface area contributed by atoms with Crippen LogP contribution in [0.4, 0.5) is 23.7 Å². The van der Waals surface area contributed by atoms with Crippen molar-refractivity contribution >= 4 is 11.7 Å². The second-order valence-electron chi connectivity index (χ2n) is 6.64. The SMILES string of the molecule is CC(C)(NC(=O)Nc1cccc(C(F)(F)F)c1)c1ccc2c(c1)OCCO2. The zero-order valence-corrected chi connectivity index (χ0v) is 14.8. The van der Waals surface area contributed by atoms with E-state index >= 15 is 0 Å². The van der Waals surface area contributed by atoms with Crippen LogP contribution in [0.2, 0.25) is 0 Å². The summed E-state index contributed by atoms with van der Waals surface area (Å²) < 4.78 is 49.4. The van der Waals surface area contributed by atoms with Crippen LogP contribution < -0.4 is 20.1 Å². The van der Waals surface area contributed by atoms with Crippen molar-refractivity contribution in [3.63, 3.8) is 0 Å². The smallest absolute Gasteiger partial charge is 0.416 e. The topological polar surface area (TPSA) is 59.6 Å². The van der Waals surface area contributed by atoms with E-state index in [2.05, 4.69) is 10.6 Å². The number of amides is 2. The van der Waals surface area contributed by atoms with Crippen LogP contribution >= 0.6 is 0 Å². The molecule has 0 saturated heterocycles. The summed E-state index contributed by atoms with van der Waals surface area (Å²) in [4.78, 5) is 12.3. The number of hydrogen-bond donors (Lipinski definition) is 2. The molecule has 3 rings (SSSR count). The maximum atomic E-state index is 12.8. The largest absolute Gasteiger partial charge is 0.486 e. The highest BCUT2D eigenvalue weighted by molar-refractivity contribution is 5.90. The predicted octanol–water partition coefficient (Wildman–Crippen LogP) is 4.53. The molecule has 0 bridgehead atoms. The summed E-state index contributed by atoms with van der Waals surface area (Å²) in [5.41, 5.74) is -0.792. The molecule has 2 aromatic carbocycles. The zero-order chi connectivity index (χ0) is 19.7. The summed E-state index contributed by atoms with van der Waals surface area (Å²) in [7, 11) is 0. The minimum absolute atomic E-state index is 0.0558. The molecule has 0 aliphatic carbocycles. The van der Waals surface area contributed by atoms with Crippen molar-refractivity contribution in [3.8, 4) is 11.5 Å². The highest BCUT2D eigenvalue weighted by Crippen LogP contribution is 2.34. The van der Waals surface area contributed by atoms with Crippen molar-refractivity contribution in [2.24, 2.45) is 0 Å². The van der Waals surface area contributed by atoms with Gasteiger partial charge in [0.1, 0.15) is 13.2 Å². The number of alkyl halides is 3. The Morgan fingerprint density at radius 3 is 2.37 bits per heavy atom. The van der Waals surface area contributed by atoms with E-state index in [9.17, 15) is 18.0 Å². The molecular formula is C19H19F3N2O3. The van der Waals surface area contributed by atoms with Crippen molar-refractivity contribution in [1.82, 2.24) is 5.32 Å². The van der Waals surface area contributed by atoms with E-state index < -0.39 is 23.3 Å². The number of benzene rings is 2. The van der Waals surface area contributed by atoms with E-state index in [1.807, 2.05) is 0 Å². The molecule has 0 aromatic heterocycles. The van der Waals surface area contributed by atoms with Gasteiger partial charge in [-0.15, -0.1) is 0 Å². The Hall–Kier alpha value is -2.90. The van der Waals surface area contributed by atoms with Crippen molar-refractivity contribution in [2.45, 2.75) is 25.6 Å². The van der Waals surface area contributed by atoms with Gasteiger partial charge in [0.2, 0.25) is 0 Å². The third kappa shape index (κ3) is 4.45. The number of ether oxygens (including phenoxy) is 2. The number of halogens is 3. The number of nitrogens with one attached hydrogen (secondary N) is 2. The van der Waals surface area contributed by atoms with Gasteiger partial charge in [-0.05, 0) is 49.7 Å². The molecule has 144 valence electrons. The molecular weight excluding hydrogens is 361 g/mol. The second kappa shape index (κ2) is 7.02. The maximum Gasteiger partial charge on any atom is 0.416 e. The summed E-state index contributed by atoms with van der Waals surface area (Å²) in [6.07, 6.45) is -4.47. The Bertz CT molecular complexity index is 850. The fourth-order valence-corrected chi connectivity index (χ4v) is 2.72. The maximum absolute atomic E-state index is 12.8. The van der Waals surface area contributed by atoms with Gasteiger partial charge in [-0.1, -0.05) is 12.1 Å². The van der Waals surface area contributed by atoms with Gasteiger partial charge in [0, 0.05) is 5.69 Å². The van der Waals surface area contributed by atoms with Crippen LogP contribution in [-0.2, 0) is 11.7 Å². The number of carbonyl (C=O) groups excluding carboxylic acids is 1. The lowest BCUT2D eigenvalue weighted by molar-refractivity contribution is -0.137. The van der Waals surface area contributed by atoms with Crippen molar-refractivity contribution in [2.75, 3.05) is 18.5 Å². The van der Waals surface area contributed by atoms with Gasteiger partial charge >= 0.3 is 12.2 Å². The average molecular weight is 380 g/mol. The zero-order valence-electron chi connectivity index (χ0n) is 14.8. The predicted molar refractivity (Wildman–Crippen MR) is 94.1 cm³/mol. The first-order valence-electron chi connectivity index (χ1n) is 8.32. The molecule has 0 atom stereocenters. The number of urea groups is 1. The lowest BCUT2D eigenvalue weighted by Crippen LogP contribution is -2.43. The number of anilines is 1. The molecule has 0 saturated carbocycles. The normalized spacial score (nSPS) is 13.8. The molecule has 0 radical (unpaired) electrons. The van der Waals surface area contributed by atoms with Gasteiger partial charge in [0.05, 0.1) is 11.1 Å². The quantitative estimate of drug-likeness (QED) is 0.822. The third-order valence-corrected chi connectivity index (χ3v) is 4.14. The third-order valence-electron chi connectivity index (χ3n) is 4.14. The van der Waals surface area contributed by atoms with E-state index in [1.165, 1.54) is 12.1 Å². The summed E-state index contributed by atoms with van der Waals surface area (Å²) in [5.74, 6) is 1.22. The summed E-state index contributed by atoms with van der Waals surface area (Å²) in [6.45, 7) is 4.49. The molecule has 1 aliphatic heterocycles. The van der Waals surface area contributed by atoms with Gasteiger partial charge in [-0.3, -0.25) is 0 Å². The molecule has 8 heteroatoms. The van der Waals surface area contributed by atoms with E-state index in [0.717, 1.165) is 17.7 Å². The molecule has 0 spiro atoms. The first-order chi connectivity index (χ1) is 12.6. The van der Waals surface area contributed by atoms with E-state index in [-0.39, 0.29) is 5.69 Å². The molecule has 5 nitrogen and oxygen atoms in total. The molecule has 0 fully saturated rings. The highest BCUT2D eigenvalue weighted by Gasteiger charge is 2.31. The first kappa shape index (κ1) is 18.9. The monoisotopic (exact) mass is 380 g/mol. The minimum Gasteiger partial charge on any atom is -0.486 e. The summed E-state index contributed by atoms with van der Waals surface area (Å²) in [5, 5.41) is 5.20. The van der Waals surface area contributed by atoms with Crippen LogP contribution in [0.3, 0.4) is 0 Å². The lowest BCUT2D eigenvalue weighted by Gasteiger charge is -2.28. The Morgan fingerprint density at radius 1 is 0.963 bits per heavy atom. The fraction of sp³-hybridized carbons (Fsp3) is 0.316. The lowest BCUT2D eigenvalue weighted by atomic mass is 9.94. The highest BCUT2D eigenvalue weighted by atomic mass is 19.4. The second-order valence-corrected chi connectivity index (χ2v) is 6.64. The Kier molecular flexibility index (Phi) is 4.91. The van der Waals surface area contributed by atoms with Crippen LogP contribution in [0.5, 0.6) is 11.5 Å². The van der Waals surface area contributed by atoms with Gasteiger partial charge in [0.25, 0.3) is 0 Å². The molecule has 2 amide bonds. The summed E-state index contributed by atoms with van der Waals surface area (Å²) >= 11 is 0. The van der Waals surface area contributed by atoms with Crippen LogP contribution in [0.1, 0.15) is 25.0 Å². The van der Waals surface area contributed by atoms with Gasteiger partial charge in [-0.2, -0.15) is 13.2 Å². The fourth-order valence-electron chi connectivity index (χ4n) is 2.72. The van der Waals surface area contributed by atoms with Gasteiger partial charge in [-0.25, -0.2) is 4.79 Å². The molecule has 27 heavy (non-hydrogen) atoms. The molecule has 0 unspecified atom stereocenters. The molecule has 2 N–H and O–H groups in total. The first-order valence-corrected chi connectivity index (χ1v) is 8.32. The molecule has 2 aromatic rings. The Labute approximate surface area is 154 Å². The van der Waals surface area contributed by atoms with E-state index in [1.54, 1.807) is 32.0 Å². The van der Waals surface area contributed by atoms with Crippen molar-refractivity contribution < 1.29 is 27.4 Å². The summed E-state index contributed by atoms with van der Waals surface area (Å²) in [6, 6.07) is 9.19. The molecule has 1 heterocycles. The standard InChI is InChI=1S/C19H19F3N2O3/c1-18(2,12-6-7-15-16(11-12)27-9-8-26-15)24-17(25)23-14-5-3-4-13(10-14)19(20,21)22/h3-7,10-11H,8-9H2,1-2H3,(H2,23,24,25). The molecule has 1 aliphatic rings. The van der Waals surface area contributed by atoms with Gasteiger partial charge in [0.15, 0.2) is 11.5 Å². The van der Waals surface area contributed by atoms with Crippen molar-refractivity contribution in [1.29, 1.82) is 0 Å². The average Bonchev–Trinajstić information content (AvgIpc) is 2.60. The van der Waals surface area contributed by atoms with E-state index in [4.69, 9.17) is 9.47 Å². The number of carbonyl (C=O) groups is 1.